The van der Waals surface area contributed by atoms with E-state index >= 15 is 0 Å². The Labute approximate surface area is 159 Å². The molecule has 2 aromatic heterocycles. The molecule has 3 heterocycles. The second kappa shape index (κ2) is 7.78. The zero-order valence-electron chi connectivity index (χ0n) is 15.6. The number of nitrogens with zero attached hydrogens (tertiary/aromatic N) is 3. The fraction of sp³-hybridized carbons (Fsp3) is 0.381. The SMILES string of the molecule is CC1CCCN(C(=O)c2ccc(NCCc3c[nH]c4ccccc34)nn2)C1. The van der Waals surface area contributed by atoms with Gasteiger partial charge in [0.1, 0.15) is 5.82 Å². The van der Waals surface area contributed by atoms with E-state index < -0.39 is 0 Å². The molecule has 3 aromatic rings. The van der Waals surface area contributed by atoms with Gasteiger partial charge in [-0.05, 0) is 48.9 Å². The molecule has 1 unspecified atom stereocenters. The van der Waals surface area contributed by atoms with E-state index in [1.165, 1.54) is 17.4 Å². The highest BCUT2D eigenvalue weighted by Crippen LogP contribution is 2.19. The highest BCUT2D eigenvalue weighted by atomic mass is 16.2. The maximum atomic E-state index is 12.6. The zero-order chi connectivity index (χ0) is 18.6. The fourth-order valence-electron chi connectivity index (χ4n) is 3.74. The van der Waals surface area contributed by atoms with E-state index in [1.807, 2.05) is 17.0 Å². The number of anilines is 1. The Morgan fingerprint density at radius 3 is 2.96 bits per heavy atom. The average Bonchev–Trinajstić information content (AvgIpc) is 3.11. The molecule has 1 fully saturated rings. The van der Waals surface area contributed by atoms with Crippen LogP contribution in [0.4, 0.5) is 5.82 Å². The fourth-order valence-corrected chi connectivity index (χ4v) is 3.74. The lowest BCUT2D eigenvalue weighted by molar-refractivity contribution is 0.0676. The average molecular weight is 363 g/mol. The summed E-state index contributed by atoms with van der Waals surface area (Å²) in [4.78, 5) is 17.7. The monoisotopic (exact) mass is 363 g/mol. The molecule has 1 atom stereocenters. The molecule has 0 spiro atoms. The van der Waals surface area contributed by atoms with Crippen LogP contribution in [0.1, 0.15) is 35.8 Å². The molecule has 0 bridgehead atoms. The normalized spacial score (nSPS) is 17.2. The molecule has 27 heavy (non-hydrogen) atoms. The Kier molecular flexibility index (Phi) is 5.05. The molecule has 2 N–H and O–H groups in total. The quantitative estimate of drug-likeness (QED) is 0.728. The summed E-state index contributed by atoms with van der Waals surface area (Å²) in [5.41, 5.74) is 2.85. The third kappa shape index (κ3) is 3.94. The molecule has 1 aliphatic heterocycles. The van der Waals surface area contributed by atoms with Crippen molar-refractivity contribution >= 4 is 22.6 Å². The summed E-state index contributed by atoms with van der Waals surface area (Å²) < 4.78 is 0. The van der Waals surface area contributed by atoms with Gasteiger partial charge in [-0.2, -0.15) is 0 Å². The van der Waals surface area contributed by atoms with Crippen LogP contribution >= 0.6 is 0 Å². The van der Waals surface area contributed by atoms with Crippen LogP contribution in [0.15, 0.2) is 42.6 Å². The summed E-state index contributed by atoms with van der Waals surface area (Å²) in [6, 6.07) is 11.9. The minimum atomic E-state index is -0.0145. The van der Waals surface area contributed by atoms with Gasteiger partial charge in [0.15, 0.2) is 5.69 Å². The van der Waals surface area contributed by atoms with Gasteiger partial charge >= 0.3 is 0 Å². The molecule has 1 amide bonds. The first-order chi connectivity index (χ1) is 13.2. The minimum absolute atomic E-state index is 0.0145. The van der Waals surface area contributed by atoms with Crippen molar-refractivity contribution in [1.29, 1.82) is 0 Å². The number of aromatic nitrogens is 3. The minimum Gasteiger partial charge on any atom is -0.368 e. The first-order valence-electron chi connectivity index (χ1n) is 9.62. The van der Waals surface area contributed by atoms with Crippen LogP contribution < -0.4 is 5.32 Å². The first-order valence-corrected chi connectivity index (χ1v) is 9.62. The van der Waals surface area contributed by atoms with E-state index in [0.29, 0.717) is 17.4 Å². The van der Waals surface area contributed by atoms with Crippen LogP contribution in [-0.4, -0.2) is 45.6 Å². The van der Waals surface area contributed by atoms with Crippen LogP contribution in [-0.2, 0) is 6.42 Å². The molecule has 140 valence electrons. The predicted octanol–water partition coefficient (Wildman–Crippen LogP) is 3.48. The highest BCUT2D eigenvalue weighted by Gasteiger charge is 2.23. The number of piperidine rings is 1. The molecule has 0 saturated carbocycles. The van der Waals surface area contributed by atoms with Gasteiger partial charge < -0.3 is 15.2 Å². The second-order valence-corrected chi connectivity index (χ2v) is 7.34. The van der Waals surface area contributed by atoms with Crippen molar-refractivity contribution in [3.63, 3.8) is 0 Å². The second-order valence-electron chi connectivity index (χ2n) is 7.34. The van der Waals surface area contributed by atoms with E-state index in [4.69, 9.17) is 0 Å². The number of carbonyl (C=O) groups excluding carboxylic acids is 1. The number of rotatable bonds is 5. The van der Waals surface area contributed by atoms with Gasteiger partial charge in [-0.15, -0.1) is 10.2 Å². The molecule has 1 aliphatic rings. The lowest BCUT2D eigenvalue weighted by Gasteiger charge is -2.30. The van der Waals surface area contributed by atoms with Crippen molar-refractivity contribution < 1.29 is 4.79 Å². The van der Waals surface area contributed by atoms with Gasteiger partial charge in [-0.25, -0.2) is 0 Å². The summed E-state index contributed by atoms with van der Waals surface area (Å²) in [5, 5.41) is 12.9. The number of hydrogen-bond acceptors (Lipinski definition) is 4. The molecular weight excluding hydrogens is 338 g/mol. The Balaban J connectivity index is 1.33. The van der Waals surface area contributed by atoms with Crippen molar-refractivity contribution in [3.05, 3.63) is 53.9 Å². The van der Waals surface area contributed by atoms with Crippen LogP contribution in [0.5, 0.6) is 0 Å². The number of carbonyl (C=O) groups is 1. The van der Waals surface area contributed by atoms with E-state index in [0.717, 1.165) is 38.0 Å². The van der Waals surface area contributed by atoms with Gasteiger partial charge in [0, 0.05) is 36.7 Å². The number of fused-ring (bicyclic) bond motifs is 1. The Morgan fingerprint density at radius 2 is 2.15 bits per heavy atom. The number of benzene rings is 1. The maximum absolute atomic E-state index is 12.6. The van der Waals surface area contributed by atoms with Gasteiger partial charge in [-0.1, -0.05) is 25.1 Å². The van der Waals surface area contributed by atoms with E-state index in [1.54, 1.807) is 6.07 Å². The number of amides is 1. The Hall–Kier alpha value is -2.89. The Morgan fingerprint density at radius 1 is 1.26 bits per heavy atom. The molecular formula is C21H25N5O. The number of aromatic amines is 1. The van der Waals surface area contributed by atoms with Crippen LogP contribution in [0.25, 0.3) is 10.9 Å². The van der Waals surface area contributed by atoms with Crippen LogP contribution in [0.3, 0.4) is 0 Å². The van der Waals surface area contributed by atoms with Gasteiger partial charge in [0.05, 0.1) is 0 Å². The summed E-state index contributed by atoms with van der Waals surface area (Å²) in [6.07, 6.45) is 5.19. The lowest BCUT2D eigenvalue weighted by Crippen LogP contribution is -2.39. The number of hydrogen-bond donors (Lipinski definition) is 2. The molecule has 6 nitrogen and oxygen atoms in total. The van der Waals surface area contributed by atoms with Crippen molar-refractivity contribution in [2.75, 3.05) is 25.0 Å². The predicted molar refractivity (Wildman–Crippen MR) is 107 cm³/mol. The topological polar surface area (TPSA) is 73.9 Å². The Bertz CT molecular complexity index is 918. The van der Waals surface area contributed by atoms with Crippen molar-refractivity contribution in [2.45, 2.75) is 26.2 Å². The van der Waals surface area contributed by atoms with Crippen LogP contribution in [0, 0.1) is 5.92 Å². The van der Waals surface area contributed by atoms with Crippen molar-refractivity contribution in [1.82, 2.24) is 20.1 Å². The summed E-state index contributed by atoms with van der Waals surface area (Å²) in [5.74, 6) is 1.24. The van der Waals surface area contributed by atoms with Gasteiger partial charge in [-0.3, -0.25) is 4.79 Å². The standard InChI is InChI=1S/C21H25N5O/c1-15-5-4-12-26(14-15)21(27)19-8-9-20(25-24-19)22-11-10-16-13-23-18-7-3-2-6-17(16)18/h2-3,6-9,13,15,23H,4-5,10-12,14H2,1H3,(H,22,25). The van der Waals surface area contributed by atoms with Crippen molar-refractivity contribution in [2.24, 2.45) is 5.92 Å². The lowest BCUT2D eigenvalue weighted by atomic mass is 10.00. The number of likely N-dealkylation sites (tertiary alicyclic amines) is 1. The van der Waals surface area contributed by atoms with E-state index in [9.17, 15) is 4.79 Å². The molecule has 0 aliphatic carbocycles. The van der Waals surface area contributed by atoms with Crippen LogP contribution in [0.2, 0.25) is 0 Å². The highest BCUT2D eigenvalue weighted by molar-refractivity contribution is 5.92. The smallest absolute Gasteiger partial charge is 0.274 e. The summed E-state index contributed by atoms with van der Waals surface area (Å²) in [6.45, 7) is 4.57. The van der Waals surface area contributed by atoms with Gasteiger partial charge in [0.25, 0.3) is 5.91 Å². The molecule has 1 aromatic carbocycles. The molecule has 1 saturated heterocycles. The van der Waals surface area contributed by atoms with Crippen molar-refractivity contribution in [3.8, 4) is 0 Å². The number of para-hydroxylation sites is 1. The maximum Gasteiger partial charge on any atom is 0.274 e. The summed E-state index contributed by atoms with van der Waals surface area (Å²) >= 11 is 0. The number of nitrogens with one attached hydrogen (secondary N) is 2. The molecule has 4 rings (SSSR count). The summed E-state index contributed by atoms with van der Waals surface area (Å²) in [7, 11) is 0. The first kappa shape index (κ1) is 17.5. The largest absolute Gasteiger partial charge is 0.368 e. The van der Waals surface area contributed by atoms with Gasteiger partial charge in [0.2, 0.25) is 0 Å². The van der Waals surface area contributed by atoms with E-state index in [-0.39, 0.29) is 5.91 Å². The third-order valence-corrected chi connectivity index (χ3v) is 5.20. The third-order valence-electron chi connectivity index (χ3n) is 5.20. The molecule has 6 heteroatoms. The number of H-pyrrole nitrogens is 1. The molecule has 0 radical (unpaired) electrons. The zero-order valence-corrected chi connectivity index (χ0v) is 15.6. The van der Waals surface area contributed by atoms with E-state index in [2.05, 4.69) is 51.8 Å².